The van der Waals surface area contributed by atoms with Crippen LogP contribution in [-0.4, -0.2) is 16.6 Å². The Morgan fingerprint density at radius 2 is 2.25 bits per heavy atom. The standard InChI is InChI=1S/C6H10ClO/c1-3-4-6(7)5(2)8/h3,5-6,8H,1-2,4H2. The van der Waals surface area contributed by atoms with E-state index in [0.717, 1.165) is 0 Å². The fraction of sp³-hybridized carbons (Fsp3) is 0.500. The molecule has 0 bridgehead atoms. The fourth-order valence-electron chi connectivity index (χ4n) is 0.316. The first-order valence-corrected chi connectivity index (χ1v) is 2.88. The fourth-order valence-corrected chi connectivity index (χ4v) is 0.442. The van der Waals surface area contributed by atoms with Crippen LogP contribution in [0, 0.1) is 6.92 Å². The average molecular weight is 134 g/mol. The molecule has 0 aromatic carbocycles. The van der Waals surface area contributed by atoms with Crippen LogP contribution in [0.5, 0.6) is 0 Å². The second-order valence-electron chi connectivity index (χ2n) is 1.61. The Morgan fingerprint density at radius 3 is 2.38 bits per heavy atom. The van der Waals surface area contributed by atoms with Crippen molar-refractivity contribution in [2.75, 3.05) is 0 Å². The van der Waals surface area contributed by atoms with Gasteiger partial charge >= 0.3 is 0 Å². The Balaban J connectivity index is 3.30. The highest BCUT2D eigenvalue weighted by Crippen LogP contribution is 2.06. The molecule has 0 fully saturated rings. The van der Waals surface area contributed by atoms with E-state index in [0.29, 0.717) is 6.42 Å². The molecule has 0 saturated heterocycles. The minimum Gasteiger partial charge on any atom is -0.392 e. The quantitative estimate of drug-likeness (QED) is 0.456. The Labute approximate surface area is 55.0 Å². The molecule has 0 saturated carbocycles. The maximum atomic E-state index is 8.66. The highest BCUT2D eigenvalue weighted by atomic mass is 35.5. The first-order valence-electron chi connectivity index (χ1n) is 2.44. The van der Waals surface area contributed by atoms with Crippen LogP contribution >= 0.6 is 11.6 Å². The van der Waals surface area contributed by atoms with Gasteiger partial charge in [-0.05, 0) is 13.3 Å². The van der Waals surface area contributed by atoms with E-state index in [-0.39, 0.29) is 5.38 Å². The molecule has 47 valence electrons. The van der Waals surface area contributed by atoms with E-state index in [1.165, 1.54) is 0 Å². The summed E-state index contributed by atoms with van der Waals surface area (Å²) in [5.41, 5.74) is 0. The summed E-state index contributed by atoms with van der Waals surface area (Å²) in [6, 6.07) is 0. The minimum atomic E-state index is -0.685. The molecule has 0 aliphatic carbocycles. The highest BCUT2D eigenvalue weighted by Gasteiger charge is 2.07. The molecule has 0 amide bonds. The van der Waals surface area contributed by atoms with Gasteiger partial charge in [0.15, 0.2) is 0 Å². The molecule has 0 rings (SSSR count). The van der Waals surface area contributed by atoms with Crippen molar-refractivity contribution in [3.63, 3.8) is 0 Å². The van der Waals surface area contributed by atoms with Gasteiger partial charge in [-0.25, -0.2) is 0 Å². The van der Waals surface area contributed by atoms with Crippen LogP contribution in [0.25, 0.3) is 0 Å². The van der Waals surface area contributed by atoms with Crippen molar-refractivity contribution in [1.29, 1.82) is 0 Å². The molecule has 8 heavy (non-hydrogen) atoms. The van der Waals surface area contributed by atoms with E-state index in [9.17, 15) is 0 Å². The number of aliphatic hydroxyl groups is 1. The lowest BCUT2D eigenvalue weighted by Gasteiger charge is -2.07. The summed E-state index contributed by atoms with van der Waals surface area (Å²) in [4.78, 5) is 0. The SMILES string of the molecule is [CH2]C(O)C(Cl)CC=C. The molecular weight excluding hydrogens is 124 g/mol. The van der Waals surface area contributed by atoms with Crippen molar-refractivity contribution in [3.05, 3.63) is 19.6 Å². The molecule has 2 heteroatoms. The number of hydrogen-bond acceptors (Lipinski definition) is 1. The second-order valence-corrected chi connectivity index (χ2v) is 2.17. The number of alkyl halides is 1. The molecule has 1 radical (unpaired) electrons. The van der Waals surface area contributed by atoms with Crippen molar-refractivity contribution in [2.24, 2.45) is 0 Å². The predicted octanol–water partition coefficient (Wildman–Crippen LogP) is 1.36. The second kappa shape index (κ2) is 3.93. The minimum absolute atomic E-state index is 0.285. The van der Waals surface area contributed by atoms with Gasteiger partial charge in [0.2, 0.25) is 0 Å². The number of aliphatic hydroxyl groups excluding tert-OH is 1. The van der Waals surface area contributed by atoms with Gasteiger partial charge < -0.3 is 5.11 Å². The van der Waals surface area contributed by atoms with Gasteiger partial charge in [0, 0.05) is 0 Å². The van der Waals surface area contributed by atoms with E-state index in [4.69, 9.17) is 16.7 Å². The van der Waals surface area contributed by atoms with Gasteiger partial charge in [0.05, 0.1) is 11.5 Å². The van der Waals surface area contributed by atoms with Crippen LogP contribution in [0.3, 0.4) is 0 Å². The topological polar surface area (TPSA) is 20.2 Å². The molecule has 2 atom stereocenters. The zero-order valence-corrected chi connectivity index (χ0v) is 5.43. The molecular formula is C6H10ClO. The van der Waals surface area contributed by atoms with Gasteiger partial charge in [-0.15, -0.1) is 18.2 Å². The van der Waals surface area contributed by atoms with Crippen molar-refractivity contribution < 1.29 is 5.11 Å². The number of halogens is 1. The van der Waals surface area contributed by atoms with Crippen LogP contribution in [0.4, 0.5) is 0 Å². The third-order valence-corrected chi connectivity index (χ3v) is 1.28. The molecule has 2 unspecified atom stereocenters. The summed E-state index contributed by atoms with van der Waals surface area (Å²) in [6.45, 7) is 6.79. The lowest BCUT2D eigenvalue weighted by atomic mass is 10.2. The van der Waals surface area contributed by atoms with Gasteiger partial charge in [-0.2, -0.15) is 0 Å². The highest BCUT2D eigenvalue weighted by molar-refractivity contribution is 6.21. The maximum absolute atomic E-state index is 8.66. The third kappa shape index (κ3) is 3.05. The molecule has 0 heterocycles. The van der Waals surface area contributed by atoms with E-state index < -0.39 is 6.10 Å². The number of hydrogen-bond donors (Lipinski definition) is 1. The van der Waals surface area contributed by atoms with Crippen molar-refractivity contribution in [1.82, 2.24) is 0 Å². The zero-order valence-electron chi connectivity index (χ0n) is 4.68. The molecule has 1 N–H and O–H groups in total. The van der Waals surface area contributed by atoms with Crippen LogP contribution < -0.4 is 0 Å². The summed E-state index contributed by atoms with van der Waals surface area (Å²) in [7, 11) is 0. The average Bonchev–Trinajstić information content (AvgIpc) is 1.67. The van der Waals surface area contributed by atoms with E-state index in [2.05, 4.69) is 13.5 Å². The Hall–Kier alpha value is -0.0100. The summed E-state index contributed by atoms with van der Waals surface area (Å²) < 4.78 is 0. The lowest BCUT2D eigenvalue weighted by molar-refractivity contribution is 0.215. The van der Waals surface area contributed by atoms with Gasteiger partial charge in [-0.3, -0.25) is 0 Å². The number of rotatable bonds is 3. The lowest BCUT2D eigenvalue weighted by Crippen LogP contribution is -2.15. The van der Waals surface area contributed by atoms with E-state index >= 15 is 0 Å². The van der Waals surface area contributed by atoms with Gasteiger partial charge in [0.25, 0.3) is 0 Å². The first-order chi connectivity index (χ1) is 3.68. The van der Waals surface area contributed by atoms with Crippen LogP contribution in [0.1, 0.15) is 6.42 Å². The van der Waals surface area contributed by atoms with Gasteiger partial charge in [0.1, 0.15) is 0 Å². The maximum Gasteiger partial charge on any atom is 0.0707 e. The van der Waals surface area contributed by atoms with Gasteiger partial charge in [-0.1, -0.05) is 6.08 Å². The summed E-state index contributed by atoms with van der Waals surface area (Å²) in [5.74, 6) is 0. The van der Waals surface area contributed by atoms with Crippen molar-refractivity contribution in [3.8, 4) is 0 Å². The molecule has 0 aromatic heterocycles. The van der Waals surface area contributed by atoms with Crippen LogP contribution in [0.2, 0.25) is 0 Å². The molecule has 0 spiro atoms. The normalized spacial score (nSPS) is 17.4. The van der Waals surface area contributed by atoms with Crippen molar-refractivity contribution in [2.45, 2.75) is 17.9 Å². The zero-order chi connectivity index (χ0) is 6.57. The largest absolute Gasteiger partial charge is 0.392 e. The Morgan fingerprint density at radius 1 is 1.75 bits per heavy atom. The first kappa shape index (κ1) is 7.99. The summed E-state index contributed by atoms with van der Waals surface area (Å²) >= 11 is 5.53. The summed E-state index contributed by atoms with van der Waals surface area (Å²) in [6.07, 6.45) is 1.58. The molecule has 0 aromatic rings. The molecule has 0 aliphatic rings. The van der Waals surface area contributed by atoms with Crippen molar-refractivity contribution >= 4 is 11.6 Å². The summed E-state index contributed by atoms with van der Waals surface area (Å²) in [5, 5.41) is 8.38. The van der Waals surface area contributed by atoms with E-state index in [1.54, 1.807) is 6.08 Å². The predicted molar refractivity (Wildman–Crippen MR) is 35.8 cm³/mol. The van der Waals surface area contributed by atoms with E-state index in [1.807, 2.05) is 0 Å². The molecule has 0 aliphatic heterocycles. The Bertz CT molecular complexity index is 70.9. The smallest absolute Gasteiger partial charge is 0.0707 e. The number of allylic oxidation sites excluding steroid dienone is 1. The molecule has 1 nitrogen and oxygen atoms in total. The Kier molecular flexibility index (Phi) is 3.92. The monoisotopic (exact) mass is 133 g/mol. The third-order valence-electron chi connectivity index (χ3n) is 0.809. The van der Waals surface area contributed by atoms with Crippen LogP contribution in [0.15, 0.2) is 12.7 Å². The van der Waals surface area contributed by atoms with Crippen LogP contribution in [-0.2, 0) is 0 Å².